The smallest absolute Gasteiger partial charge is 0.226 e. The molecule has 0 aliphatic rings. The fourth-order valence-corrected chi connectivity index (χ4v) is 2.33. The number of nitrogens with zero attached hydrogens (tertiary/aromatic N) is 2. The van der Waals surface area contributed by atoms with Gasteiger partial charge in [0.25, 0.3) is 0 Å². The number of rotatable bonds is 5. The van der Waals surface area contributed by atoms with Crippen molar-refractivity contribution in [3.05, 3.63) is 34.8 Å². The number of amides is 1. The number of carbonyl (C=O) groups is 1. The van der Waals surface area contributed by atoms with Crippen molar-refractivity contribution < 1.29 is 4.79 Å². The van der Waals surface area contributed by atoms with Gasteiger partial charge in [0.1, 0.15) is 5.01 Å². The zero-order valence-electron chi connectivity index (χ0n) is 10.7. The van der Waals surface area contributed by atoms with E-state index >= 15 is 0 Å². The Morgan fingerprint density at radius 2 is 2.26 bits per heavy atom. The second-order valence-corrected chi connectivity index (χ2v) is 5.21. The van der Waals surface area contributed by atoms with Crippen molar-refractivity contribution in [1.29, 1.82) is 0 Å². The molecule has 1 amide bonds. The molecule has 5 nitrogen and oxygen atoms in total. The van der Waals surface area contributed by atoms with E-state index in [9.17, 15) is 4.79 Å². The topological polar surface area (TPSA) is 80.9 Å². The van der Waals surface area contributed by atoms with Gasteiger partial charge >= 0.3 is 0 Å². The molecule has 2 rings (SSSR count). The van der Waals surface area contributed by atoms with Crippen molar-refractivity contribution in [2.45, 2.75) is 26.2 Å². The van der Waals surface area contributed by atoms with Crippen molar-refractivity contribution in [2.24, 2.45) is 0 Å². The first-order valence-electron chi connectivity index (χ1n) is 6.14. The molecule has 3 N–H and O–H groups in total. The maximum absolute atomic E-state index is 11.8. The minimum Gasteiger partial charge on any atom is -0.399 e. The number of aryl methyl sites for hydroxylation is 2. The van der Waals surface area contributed by atoms with Gasteiger partial charge in [-0.25, -0.2) is 0 Å². The van der Waals surface area contributed by atoms with E-state index in [0.29, 0.717) is 18.0 Å². The Kier molecular flexibility index (Phi) is 4.46. The molecule has 19 heavy (non-hydrogen) atoms. The molecule has 2 aromatic rings. The third-order valence-electron chi connectivity index (χ3n) is 2.61. The maximum Gasteiger partial charge on any atom is 0.226 e. The van der Waals surface area contributed by atoms with Crippen LogP contribution in [0.15, 0.2) is 24.3 Å². The number of carbonyl (C=O) groups excluding carboxylic acids is 1. The molecular weight excluding hydrogens is 260 g/mol. The highest BCUT2D eigenvalue weighted by Crippen LogP contribution is 2.16. The first kappa shape index (κ1) is 13.5. The lowest BCUT2D eigenvalue weighted by Gasteiger charge is -2.02. The molecule has 0 bridgehead atoms. The fraction of sp³-hybridized carbons (Fsp3) is 0.308. The summed E-state index contributed by atoms with van der Waals surface area (Å²) in [5.74, 6) is -0.0544. The number of aromatic nitrogens is 2. The number of nitrogens with two attached hydrogens (primary N) is 1. The highest BCUT2D eigenvalue weighted by atomic mass is 32.1. The Hall–Kier alpha value is -1.95. The second kappa shape index (κ2) is 6.29. The van der Waals surface area contributed by atoms with Gasteiger partial charge < -0.3 is 11.1 Å². The maximum atomic E-state index is 11.8. The third-order valence-corrected chi connectivity index (χ3v) is 3.59. The van der Waals surface area contributed by atoms with E-state index in [4.69, 9.17) is 5.73 Å². The summed E-state index contributed by atoms with van der Waals surface area (Å²) in [6, 6.07) is 7.56. The van der Waals surface area contributed by atoms with Gasteiger partial charge in [0, 0.05) is 12.1 Å². The summed E-state index contributed by atoms with van der Waals surface area (Å²) >= 11 is 1.41. The van der Waals surface area contributed by atoms with Crippen molar-refractivity contribution in [2.75, 3.05) is 11.1 Å². The van der Waals surface area contributed by atoms with Crippen LogP contribution in [0, 0.1) is 0 Å². The molecule has 0 fully saturated rings. The van der Waals surface area contributed by atoms with Crippen molar-refractivity contribution in [3.63, 3.8) is 0 Å². The minimum absolute atomic E-state index is 0.0544. The number of anilines is 2. The van der Waals surface area contributed by atoms with Gasteiger partial charge in [-0.1, -0.05) is 30.4 Å². The van der Waals surface area contributed by atoms with E-state index in [-0.39, 0.29) is 5.91 Å². The Bertz CT molecular complexity index is 567. The molecule has 0 radical (unpaired) electrons. The molecule has 0 spiro atoms. The zero-order chi connectivity index (χ0) is 13.7. The van der Waals surface area contributed by atoms with Gasteiger partial charge in [0.15, 0.2) is 0 Å². The molecule has 0 saturated carbocycles. The quantitative estimate of drug-likeness (QED) is 0.821. The summed E-state index contributed by atoms with van der Waals surface area (Å²) in [6.07, 6.45) is 1.90. The predicted octanol–water partition coefficient (Wildman–Crippen LogP) is 2.25. The van der Waals surface area contributed by atoms with Crippen LogP contribution in [0.4, 0.5) is 10.8 Å². The summed E-state index contributed by atoms with van der Waals surface area (Å²) in [7, 11) is 0. The molecule has 1 aromatic heterocycles. The van der Waals surface area contributed by atoms with Crippen molar-refractivity contribution >= 4 is 28.1 Å². The molecular formula is C13H16N4OS. The van der Waals surface area contributed by atoms with Gasteiger partial charge in [0.05, 0.1) is 0 Å². The van der Waals surface area contributed by atoms with Crippen LogP contribution in [0.25, 0.3) is 0 Å². The molecule has 0 aliphatic heterocycles. The van der Waals surface area contributed by atoms with E-state index in [1.165, 1.54) is 11.3 Å². The SMILES string of the molecule is CCc1nnc(NC(=O)CCc2cccc(N)c2)s1. The fourth-order valence-electron chi connectivity index (χ4n) is 1.64. The van der Waals surface area contributed by atoms with E-state index in [1.807, 2.05) is 31.2 Å². The summed E-state index contributed by atoms with van der Waals surface area (Å²) in [6.45, 7) is 2.01. The van der Waals surface area contributed by atoms with E-state index in [1.54, 1.807) is 0 Å². The molecule has 1 aromatic carbocycles. The molecule has 1 heterocycles. The van der Waals surface area contributed by atoms with Crippen LogP contribution in [-0.2, 0) is 17.6 Å². The van der Waals surface area contributed by atoms with E-state index in [0.717, 1.165) is 22.7 Å². The average Bonchev–Trinajstić information content (AvgIpc) is 2.84. The summed E-state index contributed by atoms with van der Waals surface area (Å²) in [5.41, 5.74) is 7.46. The number of nitrogen functional groups attached to an aromatic ring is 1. The Balaban J connectivity index is 1.84. The normalized spacial score (nSPS) is 10.4. The minimum atomic E-state index is -0.0544. The molecule has 0 aliphatic carbocycles. The summed E-state index contributed by atoms with van der Waals surface area (Å²) in [4.78, 5) is 11.8. The van der Waals surface area contributed by atoms with Crippen molar-refractivity contribution in [3.8, 4) is 0 Å². The van der Waals surface area contributed by atoms with Crippen LogP contribution < -0.4 is 11.1 Å². The molecule has 100 valence electrons. The van der Waals surface area contributed by atoms with Crippen LogP contribution >= 0.6 is 11.3 Å². The highest BCUT2D eigenvalue weighted by Gasteiger charge is 2.07. The number of benzene rings is 1. The largest absolute Gasteiger partial charge is 0.399 e. The molecule has 6 heteroatoms. The first-order chi connectivity index (χ1) is 9.17. The standard InChI is InChI=1S/C13H16N4OS/c1-2-12-16-17-13(19-12)15-11(18)7-6-9-4-3-5-10(14)8-9/h3-5,8H,2,6-7,14H2,1H3,(H,15,17,18). The van der Waals surface area contributed by atoms with Crippen LogP contribution in [0.5, 0.6) is 0 Å². The van der Waals surface area contributed by atoms with Gasteiger partial charge in [-0.05, 0) is 30.5 Å². The molecule has 0 unspecified atom stereocenters. The Morgan fingerprint density at radius 1 is 1.42 bits per heavy atom. The summed E-state index contributed by atoms with van der Waals surface area (Å²) < 4.78 is 0. The number of hydrogen-bond donors (Lipinski definition) is 2. The Morgan fingerprint density at radius 3 is 2.95 bits per heavy atom. The highest BCUT2D eigenvalue weighted by molar-refractivity contribution is 7.15. The van der Waals surface area contributed by atoms with Crippen LogP contribution in [-0.4, -0.2) is 16.1 Å². The predicted molar refractivity (Wildman–Crippen MR) is 77.1 cm³/mol. The lowest BCUT2D eigenvalue weighted by molar-refractivity contribution is -0.116. The summed E-state index contributed by atoms with van der Waals surface area (Å²) in [5, 5.41) is 12.1. The number of hydrogen-bond acceptors (Lipinski definition) is 5. The Labute approximate surface area is 115 Å². The zero-order valence-corrected chi connectivity index (χ0v) is 11.5. The average molecular weight is 276 g/mol. The third kappa shape index (κ3) is 4.03. The molecule has 0 atom stereocenters. The van der Waals surface area contributed by atoms with Crippen LogP contribution in [0.1, 0.15) is 23.9 Å². The van der Waals surface area contributed by atoms with Gasteiger partial charge in [-0.15, -0.1) is 10.2 Å². The lowest BCUT2D eigenvalue weighted by atomic mass is 10.1. The van der Waals surface area contributed by atoms with Gasteiger partial charge in [0.2, 0.25) is 11.0 Å². The second-order valence-electron chi connectivity index (χ2n) is 4.15. The van der Waals surface area contributed by atoms with E-state index < -0.39 is 0 Å². The first-order valence-corrected chi connectivity index (χ1v) is 6.95. The van der Waals surface area contributed by atoms with Crippen LogP contribution in [0.2, 0.25) is 0 Å². The lowest BCUT2D eigenvalue weighted by Crippen LogP contribution is -2.12. The van der Waals surface area contributed by atoms with Crippen LogP contribution in [0.3, 0.4) is 0 Å². The van der Waals surface area contributed by atoms with Gasteiger partial charge in [-0.3, -0.25) is 4.79 Å². The van der Waals surface area contributed by atoms with Crippen molar-refractivity contribution in [1.82, 2.24) is 10.2 Å². The van der Waals surface area contributed by atoms with Gasteiger partial charge in [-0.2, -0.15) is 0 Å². The molecule has 0 saturated heterocycles. The number of nitrogens with one attached hydrogen (secondary N) is 1. The van der Waals surface area contributed by atoms with E-state index in [2.05, 4.69) is 15.5 Å². The monoisotopic (exact) mass is 276 g/mol.